The average molecular weight is 237 g/mol. The molecule has 17 heavy (non-hydrogen) atoms. The smallest absolute Gasteiger partial charge is 0.153 e. The third-order valence-corrected chi connectivity index (χ3v) is 2.50. The van der Waals surface area contributed by atoms with E-state index in [1.807, 2.05) is 31.2 Å². The molecule has 0 amide bonds. The molecule has 1 aromatic carbocycles. The van der Waals surface area contributed by atoms with Gasteiger partial charge in [-0.15, -0.1) is 0 Å². The van der Waals surface area contributed by atoms with Crippen LogP contribution in [0.15, 0.2) is 29.4 Å². The first-order chi connectivity index (χ1) is 8.19. The Kier molecular flexibility index (Phi) is 5.29. The maximum atomic E-state index is 8.54. The molecule has 5 nitrogen and oxygen atoms in total. The van der Waals surface area contributed by atoms with E-state index in [0.717, 1.165) is 24.4 Å². The molecule has 1 aromatic rings. The molecule has 1 rings (SSSR count). The number of rotatable bonds is 6. The Morgan fingerprint density at radius 1 is 1.53 bits per heavy atom. The Morgan fingerprint density at radius 3 is 2.88 bits per heavy atom. The van der Waals surface area contributed by atoms with E-state index in [4.69, 9.17) is 15.7 Å². The predicted octanol–water partition coefficient (Wildman–Crippen LogP) is 1.26. The minimum atomic E-state index is 0.217. The normalized spacial score (nSPS) is 11.8. The first kappa shape index (κ1) is 13.3. The Hall–Kier alpha value is -1.75. The average Bonchev–Trinajstić information content (AvgIpc) is 2.37. The molecule has 94 valence electrons. The maximum Gasteiger partial charge on any atom is 0.153 e. The zero-order valence-corrected chi connectivity index (χ0v) is 10.3. The van der Waals surface area contributed by atoms with Crippen LogP contribution in [-0.4, -0.2) is 36.1 Å². The summed E-state index contributed by atoms with van der Waals surface area (Å²) in [7, 11) is 1.65. The molecule has 0 bridgehead atoms. The molecule has 0 aromatic heterocycles. The van der Waals surface area contributed by atoms with Crippen LogP contribution < -0.4 is 10.5 Å². The van der Waals surface area contributed by atoms with E-state index in [9.17, 15) is 0 Å². The first-order valence-electron chi connectivity index (χ1n) is 5.51. The molecule has 0 spiro atoms. The summed E-state index contributed by atoms with van der Waals surface area (Å²) in [6.45, 7) is 4.05. The van der Waals surface area contributed by atoms with Crippen molar-refractivity contribution >= 4 is 5.84 Å². The van der Waals surface area contributed by atoms with Gasteiger partial charge in [0, 0.05) is 6.54 Å². The van der Waals surface area contributed by atoms with Gasteiger partial charge in [-0.25, -0.2) is 0 Å². The highest BCUT2D eigenvalue weighted by Gasteiger charge is 2.06. The number of benzene rings is 1. The van der Waals surface area contributed by atoms with Crippen molar-refractivity contribution in [3.05, 3.63) is 29.8 Å². The first-order valence-corrected chi connectivity index (χ1v) is 5.51. The highest BCUT2D eigenvalue weighted by Crippen LogP contribution is 2.14. The molecule has 0 fully saturated rings. The maximum absolute atomic E-state index is 8.54. The van der Waals surface area contributed by atoms with Gasteiger partial charge in [-0.3, -0.25) is 4.90 Å². The van der Waals surface area contributed by atoms with Crippen LogP contribution in [0.3, 0.4) is 0 Å². The van der Waals surface area contributed by atoms with E-state index in [2.05, 4.69) is 10.1 Å². The van der Waals surface area contributed by atoms with Gasteiger partial charge in [0.05, 0.1) is 13.7 Å². The summed E-state index contributed by atoms with van der Waals surface area (Å²) in [6, 6.07) is 7.86. The summed E-state index contributed by atoms with van der Waals surface area (Å²) in [5.41, 5.74) is 6.63. The van der Waals surface area contributed by atoms with Gasteiger partial charge in [-0.1, -0.05) is 24.2 Å². The number of amidine groups is 1. The zero-order chi connectivity index (χ0) is 12.7. The minimum Gasteiger partial charge on any atom is -0.497 e. The molecule has 0 radical (unpaired) electrons. The molecule has 0 saturated heterocycles. The third kappa shape index (κ3) is 4.32. The number of hydrogen-bond acceptors (Lipinski definition) is 4. The number of nitrogens with two attached hydrogens (primary N) is 1. The van der Waals surface area contributed by atoms with Gasteiger partial charge in [0.2, 0.25) is 0 Å². The van der Waals surface area contributed by atoms with Crippen LogP contribution in [0.1, 0.15) is 12.5 Å². The summed E-state index contributed by atoms with van der Waals surface area (Å²) >= 11 is 0. The SMILES string of the molecule is CCN(C/C(N)=N/O)Cc1cccc(OC)c1. The van der Waals surface area contributed by atoms with Crippen molar-refractivity contribution < 1.29 is 9.94 Å². The molecule has 0 unspecified atom stereocenters. The topological polar surface area (TPSA) is 71.1 Å². The monoisotopic (exact) mass is 237 g/mol. The van der Waals surface area contributed by atoms with Gasteiger partial charge in [0.15, 0.2) is 5.84 Å². The van der Waals surface area contributed by atoms with E-state index in [0.29, 0.717) is 6.54 Å². The van der Waals surface area contributed by atoms with Crippen LogP contribution in [0, 0.1) is 0 Å². The summed E-state index contributed by atoms with van der Waals surface area (Å²) in [4.78, 5) is 2.07. The molecule has 3 N–H and O–H groups in total. The van der Waals surface area contributed by atoms with Crippen molar-refractivity contribution in [1.29, 1.82) is 0 Å². The van der Waals surface area contributed by atoms with Gasteiger partial charge in [-0.2, -0.15) is 0 Å². The van der Waals surface area contributed by atoms with Crippen molar-refractivity contribution in [3.8, 4) is 5.75 Å². The lowest BCUT2D eigenvalue weighted by atomic mass is 10.2. The van der Waals surface area contributed by atoms with Gasteiger partial charge < -0.3 is 15.7 Å². The van der Waals surface area contributed by atoms with Gasteiger partial charge in [-0.05, 0) is 24.2 Å². The number of oxime groups is 1. The molecule has 0 aliphatic rings. The molecule has 0 saturated carbocycles. The zero-order valence-electron chi connectivity index (χ0n) is 10.3. The molecule has 0 aliphatic heterocycles. The minimum absolute atomic E-state index is 0.217. The second-order valence-corrected chi connectivity index (χ2v) is 3.75. The quantitative estimate of drug-likeness (QED) is 0.338. The summed E-state index contributed by atoms with van der Waals surface area (Å²) in [5, 5.41) is 11.5. The van der Waals surface area contributed by atoms with Crippen LogP contribution in [-0.2, 0) is 6.54 Å². The van der Waals surface area contributed by atoms with E-state index < -0.39 is 0 Å². The lowest BCUT2D eigenvalue weighted by molar-refractivity contribution is 0.294. The molecular weight excluding hydrogens is 218 g/mol. The summed E-state index contributed by atoms with van der Waals surface area (Å²) in [6.07, 6.45) is 0. The second kappa shape index (κ2) is 6.75. The largest absolute Gasteiger partial charge is 0.497 e. The number of likely N-dealkylation sites (N-methyl/N-ethyl adjacent to an activating group) is 1. The molecule has 0 atom stereocenters. The fraction of sp³-hybridized carbons (Fsp3) is 0.417. The highest BCUT2D eigenvalue weighted by molar-refractivity contribution is 5.81. The number of methoxy groups -OCH3 is 1. The molecule has 5 heteroatoms. The summed E-state index contributed by atoms with van der Waals surface area (Å²) in [5.74, 6) is 1.05. The van der Waals surface area contributed by atoms with Crippen molar-refractivity contribution in [1.82, 2.24) is 4.90 Å². The third-order valence-electron chi connectivity index (χ3n) is 2.50. The highest BCUT2D eigenvalue weighted by atomic mass is 16.5. The molecule has 0 aliphatic carbocycles. The van der Waals surface area contributed by atoms with E-state index in [-0.39, 0.29) is 5.84 Å². The fourth-order valence-electron chi connectivity index (χ4n) is 1.57. The fourth-order valence-corrected chi connectivity index (χ4v) is 1.57. The van der Waals surface area contributed by atoms with Gasteiger partial charge >= 0.3 is 0 Å². The second-order valence-electron chi connectivity index (χ2n) is 3.75. The van der Waals surface area contributed by atoms with Gasteiger partial charge in [0.1, 0.15) is 5.75 Å². The Balaban J connectivity index is 2.66. The predicted molar refractivity (Wildman–Crippen MR) is 67.4 cm³/mol. The summed E-state index contributed by atoms with van der Waals surface area (Å²) < 4.78 is 5.17. The van der Waals surface area contributed by atoms with E-state index in [1.54, 1.807) is 7.11 Å². The van der Waals surface area contributed by atoms with Crippen LogP contribution >= 0.6 is 0 Å². The molecular formula is C12H19N3O2. The van der Waals surface area contributed by atoms with Crippen molar-refractivity contribution in [3.63, 3.8) is 0 Å². The van der Waals surface area contributed by atoms with Crippen molar-refractivity contribution in [2.45, 2.75) is 13.5 Å². The van der Waals surface area contributed by atoms with Gasteiger partial charge in [0.25, 0.3) is 0 Å². The lowest BCUT2D eigenvalue weighted by Gasteiger charge is -2.19. The van der Waals surface area contributed by atoms with Crippen LogP contribution in [0.4, 0.5) is 0 Å². The van der Waals surface area contributed by atoms with E-state index in [1.165, 1.54) is 0 Å². The Morgan fingerprint density at radius 2 is 2.29 bits per heavy atom. The standard InChI is InChI=1S/C12H19N3O2/c1-3-15(9-12(13)14-16)8-10-5-4-6-11(7-10)17-2/h4-7,16H,3,8-9H2,1-2H3,(H2,13,14). The van der Waals surface area contributed by atoms with Crippen molar-refractivity contribution in [2.75, 3.05) is 20.2 Å². The Bertz CT molecular complexity index is 380. The lowest BCUT2D eigenvalue weighted by Crippen LogP contribution is -2.33. The van der Waals surface area contributed by atoms with Crippen molar-refractivity contribution in [2.24, 2.45) is 10.9 Å². The molecule has 0 heterocycles. The van der Waals surface area contributed by atoms with Crippen LogP contribution in [0.2, 0.25) is 0 Å². The number of ether oxygens (including phenoxy) is 1. The number of hydrogen-bond donors (Lipinski definition) is 2. The number of nitrogens with zero attached hydrogens (tertiary/aromatic N) is 2. The Labute approximate surface area is 101 Å². The van der Waals surface area contributed by atoms with Crippen LogP contribution in [0.5, 0.6) is 5.75 Å². The van der Waals surface area contributed by atoms with Crippen LogP contribution in [0.25, 0.3) is 0 Å². The van der Waals surface area contributed by atoms with E-state index >= 15 is 0 Å².